The van der Waals surface area contributed by atoms with Gasteiger partial charge in [-0.15, -0.1) is 0 Å². The molecule has 2 aromatic rings. The van der Waals surface area contributed by atoms with Crippen molar-refractivity contribution in [2.45, 2.75) is 27.0 Å². The summed E-state index contributed by atoms with van der Waals surface area (Å²) < 4.78 is 7.59. The molecule has 4 heteroatoms. The van der Waals surface area contributed by atoms with Gasteiger partial charge in [-0.1, -0.05) is 12.1 Å². The lowest BCUT2D eigenvalue weighted by Gasteiger charge is -2.07. The molecule has 0 saturated heterocycles. The molecule has 0 spiro atoms. The number of hydrogen-bond acceptors (Lipinski definition) is 3. The molecule has 2 rings (SSSR count). The van der Waals surface area contributed by atoms with Crippen LogP contribution in [0.5, 0.6) is 5.75 Å². The van der Waals surface area contributed by atoms with Crippen LogP contribution in [0.2, 0.25) is 0 Å². The van der Waals surface area contributed by atoms with Gasteiger partial charge >= 0.3 is 0 Å². The Kier molecular flexibility index (Phi) is 3.77. The van der Waals surface area contributed by atoms with E-state index in [4.69, 9.17) is 4.74 Å². The SMILES string of the molecule is CCn1nc(C)cc1COc1cccc(C=O)c1. The minimum atomic E-state index is 0.455. The summed E-state index contributed by atoms with van der Waals surface area (Å²) in [5, 5.41) is 4.36. The van der Waals surface area contributed by atoms with E-state index in [2.05, 4.69) is 5.10 Å². The van der Waals surface area contributed by atoms with Gasteiger partial charge in [0.25, 0.3) is 0 Å². The third-order valence-corrected chi connectivity index (χ3v) is 2.67. The predicted octanol–water partition coefficient (Wildman–Crippen LogP) is 2.60. The van der Waals surface area contributed by atoms with Crippen LogP contribution in [-0.4, -0.2) is 16.1 Å². The van der Waals surface area contributed by atoms with Crippen molar-refractivity contribution in [3.8, 4) is 5.75 Å². The molecule has 94 valence electrons. The molecular formula is C14H16N2O2. The smallest absolute Gasteiger partial charge is 0.150 e. The van der Waals surface area contributed by atoms with Crippen LogP contribution in [0.15, 0.2) is 30.3 Å². The number of hydrogen-bond donors (Lipinski definition) is 0. The number of aldehydes is 1. The van der Waals surface area contributed by atoms with Crippen LogP contribution in [0.4, 0.5) is 0 Å². The summed E-state index contributed by atoms with van der Waals surface area (Å²) in [4.78, 5) is 10.7. The van der Waals surface area contributed by atoms with Crippen LogP contribution in [0.25, 0.3) is 0 Å². The number of benzene rings is 1. The van der Waals surface area contributed by atoms with Gasteiger partial charge in [-0.25, -0.2) is 0 Å². The molecule has 0 amide bonds. The van der Waals surface area contributed by atoms with Crippen molar-refractivity contribution in [2.75, 3.05) is 0 Å². The lowest BCUT2D eigenvalue weighted by Crippen LogP contribution is -2.06. The highest BCUT2D eigenvalue weighted by molar-refractivity contribution is 5.75. The molecule has 0 atom stereocenters. The third kappa shape index (κ3) is 2.77. The zero-order valence-corrected chi connectivity index (χ0v) is 10.6. The Morgan fingerprint density at radius 2 is 2.22 bits per heavy atom. The van der Waals surface area contributed by atoms with Crippen LogP contribution in [-0.2, 0) is 13.2 Å². The summed E-state index contributed by atoms with van der Waals surface area (Å²) in [7, 11) is 0. The van der Waals surface area contributed by atoms with Crippen molar-refractivity contribution in [3.63, 3.8) is 0 Å². The molecule has 0 fully saturated rings. The summed E-state index contributed by atoms with van der Waals surface area (Å²) in [6.07, 6.45) is 0.813. The summed E-state index contributed by atoms with van der Waals surface area (Å²) in [5.41, 5.74) is 2.64. The van der Waals surface area contributed by atoms with Crippen LogP contribution in [0, 0.1) is 6.92 Å². The van der Waals surface area contributed by atoms with Gasteiger partial charge < -0.3 is 4.74 Å². The van der Waals surface area contributed by atoms with Crippen LogP contribution in [0.1, 0.15) is 28.7 Å². The number of nitrogens with zero attached hydrogens (tertiary/aromatic N) is 2. The molecule has 0 N–H and O–H groups in total. The Morgan fingerprint density at radius 1 is 1.39 bits per heavy atom. The van der Waals surface area contributed by atoms with Crippen molar-refractivity contribution in [1.82, 2.24) is 9.78 Å². The fraction of sp³-hybridized carbons (Fsp3) is 0.286. The topological polar surface area (TPSA) is 44.1 Å². The molecule has 1 aromatic heterocycles. The molecule has 18 heavy (non-hydrogen) atoms. The Morgan fingerprint density at radius 3 is 2.94 bits per heavy atom. The first-order valence-corrected chi connectivity index (χ1v) is 5.94. The number of rotatable bonds is 5. The van der Waals surface area contributed by atoms with Crippen molar-refractivity contribution >= 4 is 6.29 Å². The van der Waals surface area contributed by atoms with Crippen molar-refractivity contribution in [1.29, 1.82) is 0 Å². The number of carbonyl (C=O) groups excluding carboxylic acids is 1. The largest absolute Gasteiger partial charge is 0.487 e. The van der Waals surface area contributed by atoms with E-state index in [1.807, 2.05) is 30.7 Å². The van der Waals surface area contributed by atoms with Crippen LogP contribution < -0.4 is 4.74 Å². The van der Waals surface area contributed by atoms with Crippen molar-refractivity contribution < 1.29 is 9.53 Å². The van der Waals surface area contributed by atoms with E-state index < -0.39 is 0 Å². The average Bonchev–Trinajstić information content (AvgIpc) is 2.77. The fourth-order valence-electron chi connectivity index (χ4n) is 1.82. The van der Waals surface area contributed by atoms with E-state index in [0.29, 0.717) is 17.9 Å². The highest BCUT2D eigenvalue weighted by Crippen LogP contribution is 2.14. The Bertz CT molecular complexity index is 546. The second kappa shape index (κ2) is 5.49. The van der Waals surface area contributed by atoms with Crippen molar-refractivity contribution in [2.24, 2.45) is 0 Å². The number of aryl methyl sites for hydroxylation is 2. The van der Waals surface area contributed by atoms with Gasteiger partial charge in [0.15, 0.2) is 0 Å². The second-order valence-electron chi connectivity index (χ2n) is 4.07. The van der Waals surface area contributed by atoms with E-state index in [-0.39, 0.29) is 0 Å². The minimum Gasteiger partial charge on any atom is -0.487 e. The van der Waals surface area contributed by atoms with Gasteiger partial charge in [0, 0.05) is 12.1 Å². The minimum absolute atomic E-state index is 0.455. The van der Waals surface area contributed by atoms with Crippen LogP contribution in [0.3, 0.4) is 0 Å². The Labute approximate surface area is 106 Å². The molecule has 0 aliphatic rings. The summed E-state index contributed by atoms with van der Waals surface area (Å²) in [6, 6.07) is 9.13. The third-order valence-electron chi connectivity index (χ3n) is 2.67. The maximum absolute atomic E-state index is 10.7. The lowest BCUT2D eigenvalue weighted by atomic mass is 10.2. The highest BCUT2D eigenvalue weighted by Gasteiger charge is 2.05. The summed E-state index contributed by atoms with van der Waals surface area (Å²) >= 11 is 0. The van der Waals surface area contributed by atoms with E-state index in [1.165, 1.54) is 0 Å². The Balaban J connectivity index is 2.08. The van der Waals surface area contributed by atoms with Gasteiger partial charge in [0.2, 0.25) is 0 Å². The summed E-state index contributed by atoms with van der Waals surface area (Å²) in [5.74, 6) is 0.695. The number of aromatic nitrogens is 2. The van der Waals surface area contributed by atoms with Gasteiger partial charge in [-0.3, -0.25) is 9.48 Å². The maximum Gasteiger partial charge on any atom is 0.150 e. The zero-order chi connectivity index (χ0) is 13.0. The molecule has 1 heterocycles. The second-order valence-corrected chi connectivity index (χ2v) is 4.07. The average molecular weight is 244 g/mol. The monoisotopic (exact) mass is 244 g/mol. The normalized spacial score (nSPS) is 10.3. The van der Waals surface area contributed by atoms with Gasteiger partial charge in [-0.2, -0.15) is 5.10 Å². The van der Waals surface area contributed by atoms with E-state index in [0.717, 1.165) is 24.2 Å². The number of carbonyl (C=O) groups is 1. The molecule has 4 nitrogen and oxygen atoms in total. The van der Waals surface area contributed by atoms with Gasteiger partial charge in [-0.05, 0) is 32.0 Å². The molecule has 0 radical (unpaired) electrons. The standard InChI is InChI=1S/C14H16N2O2/c1-3-16-13(7-11(2)15-16)10-18-14-6-4-5-12(8-14)9-17/h4-9H,3,10H2,1-2H3. The van der Waals surface area contributed by atoms with Crippen LogP contribution >= 0.6 is 0 Å². The summed E-state index contributed by atoms with van der Waals surface area (Å²) in [6.45, 7) is 5.28. The maximum atomic E-state index is 10.7. The first-order chi connectivity index (χ1) is 8.72. The van der Waals surface area contributed by atoms with Gasteiger partial charge in [0.05, 0.1) is 11.4 Å². The zero-order valence-electron chi connectivity index (χ0n) is 10.6. The lowest BCUT2D eigenvalue weighted by molar-refractivity contribution is 0.112. The fourth-order valence-corrected chi connectivity index (χ4v) is 1.82. The molecule has 1 aromatic carbocycles. The predicted molar refractivity (Wildman–Crippen MR) is 68.8 cm³/mol. The first kappa shape index (κ1) is 12.4. The quantitative estimate of drug-likeness (QED) is 0.759. The van der Waals surface area contributed by atoms with Gasteiger partial charge in [0.1, 0.15) is 18.6 Å². The van der Waals surface area contributed by atoms with E-state index in [1.54, 1.807) is 18.2 Å². The molecular weight excluding hydrogens is 228 g/mol. The highest BCUT2D eigenvalue weighted by atomic mass is 16.5. The number of ether oxygens (including phenoxy) is 1. The molecule has 0 aliphatic carbocycles. The van der Waals surface area contributed by atoms with E-state index in [9.17, 15) is 4.79 Å². The van der Waals surface area contributed by atoms with Crippen molar-refractivity contribution in [3.05, 3.63) is 47.3 Å². The molecule has 0 bridgehead atoms. The molecule has 0 aliphatic heterocycles. The molecule has 0 saturated carbocycles. The Hall–Kier alpha value is -2.10. The van der Waals surface area contributed by atoms with E-state index >= 15 is 0 Å². The molecule has 0 unspecified atom stereocenters. The first-order valence-electron chi connectivity index (χ1n) is 5.94.